The largest absolute Gasteiger partial charge is 0.463 e. The molecule has 2 rings (SSSR count). The summed E-state index contributed by atoms with van der Waals surface area (Å²) in [6.45, 7) is 12.7. The maximum absolute atomic E-state index is 14.8. The summed E-state index contributed by atoms with van der Waals surface area (Å²) in [5.74, 6) is -10.4. The van der Waals surface area contributed by atoms with Gasteiger partial charge in [-0.05, 0) is 51.4 Å². The van der Waals surface area contributed by atoms with Crippen molar-refractivity contribution >= 4 is 47.8 Å². The number of carbonyl (C=O) groups is 8. The summed E-state index contributed by atoms with van der Waals surface area (Å²) in [5.41, 5.74) is 0. The lowest BCUT2D eigenvalue weighted by atomic mass is 9.84. The Bertz CT molecular complexity index is 2090. The molecule has 540 valence electrons. The Morgan fingerprint density at radius 3 is 1.04 bits per heavy atom. The van der Waals surface area contributed by atoms with Crippen LogP contribution in [-0.2, 0) is 90.5 Å². The summed E-state index contributed by atoms with van der Waals surface area (Å²) in [4.78, 5) is 114. The summed E-state index contributed by atoms with van der Waals surface area (Å²) >= 11 is 0. The second-order valence-electron chi connectivity index (χ2n) is 24.8. The molecule has 0 aromatic rings. The van der Waals surface area contributed by atoms with Crippen LogP contribution in [-0.4, -0.2) is 178 Å². The number of ether oxygens (including phenoxy) is 11. The van der Waals surface area contributed by atoms with Crippen molar-refractivity contribution in [1.82, 2.24) is 0 Å². The van der Waals surface area contributed by atoms with Gasteiger partial charge in [0.25, 0.3) is 0 Å². The minimum absolute atomic E-state index is 0.0571. The quantitative estimate of drug-likeness (QED) is 0.0215. The number of rotatable bonds is 53. The van der Waals surface area contributed by atoms with E-state index >= 15 is 0 Å². The SMILES string of the molecule is CCCCCCCC(=O)O[C@@H]1[C@H](O[C@]2(C(O)[C@H](O)[C@H](O)[C@H](O)CO)O[C@H](COC(=O)CCCCC)[C@@H](OC(=O)CCCCC)[C@H](OC(=O)CCCCC)[C@@H]2OC(=O)CCCCCCC)O[C@H](COC(=O)CCCCC)[C@@H](OC(=O)CCCCC)[C@@H]1OC(=O)CCCCC. The van der Waals surface area contributed by atoms with Crippen LogP contribution in [0.4, 0.5) is 0 Å². The van der Waals surface area contributed by atoms with Crippen LogP contribution < -0.4 is 0 Å². The second kappa shape index (κ2) is 49.9. The van der Waals surface area contributed by atoms with Gasteiger partial charge in [0.2, 0.25) is 12.1 Å². The maximum Gasteiger partial charge on any atom is 0.306 e. The van der Waals surface area contributed by atoms with E-state index in [9.17, 15) is 63.9 Å². The maximum atomic E-state index is 14.8. The Labute approximate surface area is 553 Å². The topological polar surface area (TPSA) is 339 Å². The number of esters is 8. The van der Waals surface area contributed by atoms with E-state index < -0.39 is 153 Å². The fourth-order valence-corrected chi connectivity index (χ4v) is 11.0. The van der Waals surface area contributed by atoms with Crippen LogP contribution in [0.5, 0.6) is 0 Å². The lowest BCUT2D eigenvalue weighted by molar-refractivity contribution is -0.446. The van der Waals surface area contributed by atoms with Crippen LogP contribution in [0, 0.1) is 0 Å². The third-order valence-corrected chi connectivity index (χ3v) is 16.6. The zero-order valence-corrected chi connectivity index (χ0v) is 57.6. The van der Waals surface area contributed by atoms with Gasteiger partial charge in [-0.3, -0.25) is 38.4 Å². The molecular formula is C69H120O24. The van der Waals surface area contributed by atoms with Gasteiger partial charge in [-0.25, -0.2) is 0 Å². The first-order valence-corrected chi connectivity index (χ1v) is 35.6. The lowest BCUT2D eigenvalue weighted by Crippen LogP contribution is -2.76. The number of unbranched alkanes of at least 4 members (excludes halogenated alkanes) is 20. The number of aliphatic hydroxyl groups is 5. The third kappa shape index (κ3) is 31.9. The standard InChI is InChI=1S/C69H120O24/c1-9-17-25-27-35-43-57(78)90-65-63(88-55(76)41-33-23-15-7)61(86-53(74)39-31-21-13-5)49(46-83-51(72)37-29-19-11-3)85-68(65)93-69(66(82)60(81)59(80)48(71)45-70)67(91-58(79)44-36-28-26-18-10-2)64(89-56(77)42-34-24-16-8)62(87-54(75)40-32-22-14-6)50(92-69)47-84-52(73)38-30-20-12-4/h48-50,59-68,70-71,80-82H,9-47H2,1-8H3/t48-,49-,50-,59-,60-,61-,62-,63+,64+,65+,66?,67+,68+,69+/m1/s1. The highest BCUT2D eigenvalue weighted by Gasteiger charge is 2.69. The first kappa shape index (κ1) is 84.5. The first-order chi connectivity index (χ1) is 44.7. The van der Waals surface area contributed by atoms with E-state index in [4.69, 9.17) is 52.1 Å². The highest BCUT2D eigenvalue weighted by atomic mass is 16.8. The normalized spacial score (nSPS) is 23.3. The Kier molecular flexibility index (Phi) is 45.3. The van der Waals surface area contributed by atoms with Crippen molar-refractivity contribution in [1.29, 1.82) is 0 Å². The Morgan fingerprint density at radius 2 is 0.656 bits per heavy atom. The van der Waals surface area contributed by atoms with Crippen molar-refractivity contribution in [3.63, 3.8) is 0 Å². The third-order valence-electron chi connectivity index (χ3n) is 16.6. The molecule has 24 nitrogen and oxygen atoms in total. The smallest absolute Gasteiger partial charge is 0.306 e. The molecule has 1 unspecified atom stereocenters. The summed E-state index contributed by atoms with van der Waals surface area (Å²) in [7, 11) is 0. The molecule has 2 heterocycles. The Morgan fingerprint density at radius 1 is 0.355 bits per heavy atom. The van der Waals surface area contributed by atoms with Gasteiger partial charge in [0, 0.05) is 51.4 Å². The molecule has 0 aliphatic carbocycles. The average Bonchev–Trinajstić information content (AvgIpc) is 0.731. The van der Waals surface area contributed by atoms with Gasteiger partial charge in [-0.2, -0.15) is 0 Å². The fourth-order valence-electron chi connectivity index (χ4n) is 11.0. The number of aliphatic hydroxyl groups excluding tert-OH is 5. The summed E-state index contributed by atoms with van der Waals surface area (Å²) in [6.07, 6.45) is -13.9. The van der Waals surface area contributed by atoms with Crippen molar-refractivity contribution < 1.29 is 116 Å². The van der Waals surface area contributed by atoms with Crippen LogP contribution in [0.25, 0.3) is 0 Å². The van der Waals surface area contributed by atoms with Crippen LogP contribution >= 0.6 is 0 Å². The highest BCUT2D eigenvalue weighted by molar-refractivity contribution is 5.73. The molecule has 2 aliphatic rings. The molecule has 24 heteroatoms. The highest BCUT2D eigenvalue weighted by Crippen LogP contribution is 2.45. The van der Waals surface area contributed by atoms with E-state index in [0.717, 1.165) is 57.8 Å². The molecular weight excluding hydrogens is 1210 g/mol. The predicted octanol–water partition coefficient (Wildman–Crippen LogP) is 10.0. The Hall–Kier alpha value is -4.56. The predicted molar refractivity (Wildman–Crippen MR) is 341 cm³/mol. The molecule has 0 spiro atoms. The van der Waals surface area contributed by atoms with E-state index in [2.05, 4.69) is 0 Å². The van der Waals surface area contributed by atoms with E-state index in [1.807, 2.05) is 55.4 Å². The molecule has 2 aliphatic heterocycles. The zero-order valence-electron chi connectivity index (χ0n) is 57.6. The van der Waals surface area contributed by atoms with Gasteiger partial charge in [0.15, 0.2) is 36.6 Å². The van der Waals surface area contributed by atoms with Crippen molar-refractivity contribution in [2.24, 2.45) is 0 Å². The number of hydrogen-bond acceptors (Lipinski definition) is 24. The van der Waals surface area contributed by atoms with Crippen LogP contribution in [0.3, 0.4) is 0 Å². The second-order valence-corrected chi connectivity index (χ2v) is 24.8. The summed E-state index contributed by atoms with van der Waals surface area (Å²) in [6, 6.07) is 0. The molecule has 0 saturated carbocycles. The van der Waals surface area contributed by atoms with Crippen LogP contribution in [0.1, 0.15) is 287 Å². The molecule has 5 N–H and O–H groups in total. The summed E-state index contributed by atoms with van der Waals surface area (Å²) < 4.78 is 70.1. The summed E-state index contributed by atoms with van der Waals surface area (Å²) in [5, 5.41) is 58.5. The molecule has 14 atom stereocenters. The monoisotopic (exact) mass is 1330 g/mol. The van der Waals surface area contributed by atoms with Gasteiger partial charge < -0.3 is 77.6 Å². The van der Waals surface area contributed by atoms with Gasteiger partial charge in [-0.1, -0.05) is 184 Å². The molecule has 2 saturated heterocycles. The van der Waals surface area contributed by atoms with Crippen molar-refractivity contribution in [2.45, 2.75) is 372 Å². The first-order valence-electron chi connectivity index (χ1n) is 35.6. The van der Waals surface area contributed by atoms with E-state index in [1.165, 1.54) is 0 Å². The molecule has 0 aromatic heterocycles. The van der Waals surface area contributed by atoms with Crippen molar-refractivity contribution in [2.75, 3.05) is 19.8 Å². The van der Waals surface area contributed by atoms with E-state index in [1.54, 1.807) is 0 Å². The fraction of sp³-hybridized carbons (Fsp3) is 0.884. The molecule has 0 bridgehead atoms. The molecule has 0 aromatic carbocycles. The Balaban J connectivity index is 3.47. The minimum atomic E-state index is -3.46. The number of hydrogen-bond donors (Lipinski definition) is 5. The van der Waals surface area contributed by atoms with Crippen molar-refractivity contribution in [3.05, 3.63) is 0 Å². The molecule has 93 heavy (non-hydrogen) atoms. The van der Waals surface area contributed by atoms with Gasteiger partial charge in [0.1, 0.15) is 49.8 Å². The van der Waals surface area contributed by atoms with E-state index in [0.29, 0.717) is 109 Å². The molecule has 2 fully saturated rings. The lowest BCUT2D eigenvalue weighted by Gasteiger charge is -2.55. The molecule has 0 amide bonds. The van der Waals surface area contributed by atoms with Gasteiger partial charge in [0.05, 0.1) is 6.61 Å². The van der Waals surface area contributed by atoms with Crippen LogP contribution in [0.2, 0.25) is 0 Å². The minimum Gasteiger partial charge on any atom is -0.463 e. The van der Waals surface area contributed by atoms with Gasteiger partial charge in [-0.15, -0.1) is 0 Å². The van der Waals surface area contributed by atoms with Crippen molar-refractivity contribution in [3.8, 4) is 0 Å². The number of carbonyl (C=O) groups excluding carboxylic acids is 8. The van der Waals surface area contributed by atoms with Gasteiger partial charge >= 0.3 is 47.8 Å². The average molecular weight is 1330 g/mol. The van der Waals surface area contributed by atoms with Crippen LogP contribution in [0.15, 0.2) is 0 Å². The zero-order chi connectivity index (χ0) is 69.0. The van der Waals surface area contributed by atoms with E-state index in [-0.39, 0.29) is 64.2 Å². The molecule has 0 radical (unpaired) electrons.